The van der Waals surface area contributed by atoms with Crippen LogP contribution in [0, 0.1) is 12.7 Å². The summed E-state index contributed by atoms with van der Waals surface area (Å²) in [4.78, 5) is 12.4. The summed E-state index contributed by atoms with van der Waals surface area (Å²) in [6, 6.07) is 9.62. The average Bonchev–Trinajstić information content (AvgIpc) is 3.10. The van der Waals surface area contributed by atoms with Gasteiger partial charge in [0.15, 0.2) is 0 Å². The van der Waals surface area contributed by atoms with Crippen LogP contribution < -0.4 is 15.4 Å². The van der Waals surface area contributed by atoms with Gasteiger partial charge < -0.3 is 10.6 Å². The van der Waals surface area contributed by atoms with E-state index in [1.807, 2.05) is 0 Å². The molecule has 8 heteroatoms. The zero-order chi connectivity index (χ0) is 18.7. The van der Waals surface area contributed by atoms with Gasteiger partial charge in [-0.25, -0.2) is 12.8 Å². The number of benzene rings is 2. The predicted octanol–water partition coefficient (Wildman–Crippen LogP) is 2.03. The molecule has 1 amide bonds. The molecule has 1 fully saturated rings. The summed E-state index contributed by atoms with van der Waals surface area (Å²) in [5.74, 6) is -0.763. The van der Waals surface area contributed by atoms with Crippen molar-refractivity contribution in [3.05, 3.63) is 59.4 Å². The molecule has 0 aromatic heterocycles. The standard InChI is InChI=1S/C18H20FN3O3S/c1-12-2-3-13(18(23)21-16-8-9-20-11-16)10-17(12)26(24,25)22-15-6-4-14(19)5-7-15/h2-7,10,16,20,22H,8-9,11H2,1H3,(H,21,23). The van der Waals surface area contributed by atoms with Crippen molar-refractivity contribution in [3.63, 3.8) is 0 Å². The number of hydrogen-bond acceptors (Lipinski definition) is 4. The van der Waals surface area contributed by atoms with Crippen molar-refractivity contribution in [2.45, 2.75) is 24.3 Å². The number of sulfonamides is 1. The van der Waals surface area contributed by atoms with Crippen molar-refractivity contribution in [2.75, 3.05) is 17.8 Å². The Labute approximate surface area is 151 Å². The first kappa shape index (κ1) is 18.3. The quantitative estimate of drug-likeness (QED) is 0.744. The number of rotatable bonds is 5. The highest BCUT2D eigenvalue weighted by Gasteiger charge is 2.21. The van der Waals surface area contributed by atoms with E-state index < -0.39 is 15.8 Å². The van der Waals surface area contributed by atoms with Crippen LogP contribution in [0.15, 0.2) is 47.4 Å². The van der Waals surface area contributed by atoms with Crippen LogP contribution in [0.2, 0.25) is 0 Å². The predicted molar refractivity (Wildman–Crippen MR) is 97.1 cm³/mol. The lowest BCUT2D eigenvalue weighted by Crippen LogP contribution is -2.36. The van der Waals surface area contributed by atoms with Crippen molar-refractivity contribution in [1.82, 2.24) is 10.6 Å². The highest BCUT2D eigenvalue weighted by atomic mass is 32.2. The topological polar surface area (TPSA) is 87.3 Å². The summed E-state index contributed by atoms with van der Waals surface area (Å²) in [5, 5.41) is 6.05. The van der Waals surface area contributed by atoms with Crippen molar-refractivity contribution in [2.24, 2.45) is 0 Å². The molecule has 1 saturated heterocycles. The van der Waals surface area contributed by atoms with Gasteiger partial charge >= 0.3 is 0 Å². The van der Waals surface area contributed by atoms with E-state index in [1.165, 1.54) is 30.3 Å². The molecule has 6 nitrogen and oxygen atoms in total. The molecule has 138 valence electrons. The number of hydrogen-bond donors (Lipinski definition) is 3. The van der Waals surface area contributed by atoms with E-state index >= 15 is 0 Å². The number of nitrogens with one attached hydrogen (secondary N) is 3. The van der Waals surface area contributed by atoms with Gasteiger partial charge in [0.2, 0.25) is 0 Å². The molecule has 0 spiro atoms. The molecule has 3 N–H and O–H groups in total. The fourth-order valence-electron chi connectivity index (χ4n) is 2.81. The molecule has 0 radical (unpaired) electrons. The Morgan fingerprint density at radius 1 is 1.19 bits per heavy atom. The second-order valence-corrected chi connectivity index (χ2v) is 7.91. The Bertz CT molecular complexity index is 908. The zero-order valence-electron chi connectivity index (χ0n) is 14.3. The SMILES string of the molecule is Cc1ccc(C(=O)NC2CCNC2)cc1S(=O)(=O)Nc1ccc(F)cc1. The van der Waals surface area contributed by atoms with E-state index in [-0.39, 0.29) is 28.1 Å². The van der Waals surface area contributed by atoms with E-state index in [1.54, 1.807) is 19.1 Å². The monoisotopic (exact) mass is 377 g/mol. The number of halogens is 1. The fourth-order valence-corrected chi connectivity index (χ4v) is 4.14. The van der Waals surface area contributed by atoms with Gasteiger partial charge in [0.05, 0.1) is 4.90 Å². The summed E-state index contributed by atoms with van der Waals surface area (Å²) >= 11 is 0. The second-order valence-electron chi connectivity index (χ2n) is 6.26. The third-order valence-electron chi connectivity index (χ3n) is 4.23. The van der Waals surface area contributed by atoms with Gasteiger partial charge in [-0.3, -0.25) is 9.52 Å². The molecule has 1 atom stereocenters. The first-order chi connectivity index (χ1) is 12.3. The maximum atomic E-state index is 13.0. The van der Waals surface area contributed by atoms with Gasteiger partial charge in [0, 0.05) is 23.8 Å². The molecule has 3 rings (SSSR count). The minimum Gasteiger partial charge on any atom is -0.348 e. The minimum absolute atomic E-state index is 0.0130. The number of aryl methyl sites for hydroxylation is 1. The van der Waals surface area contributed by atoms with Crippen LogP contribution in [0.5, 0.6) is 0 Å². The number of carbonyl (C=O) groups excluding carboxylic acids is 1. The van der Waals surface area contributed by atoms with Crippen molar-refractivity contribution >= 4 is 21.6 Å². The largest absolute Gasteiger partial charge is 0.348 e. The number of carbonyl (C=O) groups is 1. The lowest BCUT2D eigenvalue weighted by molar-refractivity contribution is 0.0940. The Kier molecular flexibility index (Phi) is 5.24. The number of anilines is 1. The lowest BCUT2D eigenvalue weighted by atomic mass is 10.1. The molecule has 0 bridgehead atoms. The molecule has 1 aliphatic heterocycles. The van der Waals surface area contributed by atoms with Crippen LogP contribution in [0.25, 0.3) is 0 Å². The summed E-state index contributed by atoms with van der Waals surface area (Å²) in [5.41, 5.74) is 1.04. The first-order valence-corrected chi connectivity index (χ1v) is 9.74. The van der Waals surface area contributed by atoms with E-state index in [9.17, 15) is 17.6 Å². The minimum atomic E-state index is -3.90. The molecule has 1 heterocycles. The van der Waals surface area contributed by atoms with Gasteiger partial charge in [0.25, 0.3) is 15.9 Å². The smallest absolute Gasteiger partial charge is 0.262 e. The Balaban J connectivity index is 1.83. The molecule has 1 unspecified atom stereocenters. The van der Waals surface area contributed by atoms with E-state index in [0.29, 0.717) is 12.1 Å². The first-order valence-electron chi connectivity index (χ1n) is 8.26. The highest BCUT2D eigenvalue weighted by Crippen LogP contribution is 2.21. The highest BCUT2D eigenvalue weighted by molar-refractivity contribution is 7.92. The van der Waals surface area contributed by atoms with Gasteiger partial charge in [-0.15, -0.1) is 0 Å². The summed E-state index contributed by atoms with van der Waals surface area (Å²) in [6.07, 6.45) is 0.842. The van der Waals surface area contributed by atoms with Gasteiger partial charge in [-0.2, -0.15) is 0 Å². The fraction of sp³-hybridized carbons (Fsp3) is 0.278. The van der Waals surface area contributed by atoms with Crippen LogP contribution >= 0.6 is 0 Å². The van der Waals surface area contributed by atoms with E-state index in [0.717, 1.165) is 13.0 Å². The summed E-state index contributed by atoms with van der Waals surface area (Å²) < 4.78 is 40.8. The number of amides is 1. The van der Waals surface area contributed by atoms with Crippen molar-refractivity contribution in [1.29, 1.82) is 0 Å². The normalized spacial score (nSPS) is 17.1. The van der Waals surface area contributed by atoms with Crippen LogP contribution in [-0.4, -0.2) is 33.5 Å². The molecule has 26 heavy (non-hydrogen) atoms. The molecule has 1 aliphatic rings. The maximum Gasteiger partial charge on any atom is 0.262 e. The summed E-state index contributed by atoms with van der Waals surface area (Å²) in [6.45, 7) is 3.21. The van der Waals surface area contributed by atoms with Crippen molar-refractivity contribution < 1.29 is 17.6 Å². The lowest BCUT2D eigenvalue weighted by Gasteiger charge is -2.14. The zero-order valence-corrected chi connectivity index (χ0v) is 15.1. The summed E-state index contributed by atoms with van der Waals surface area (Å²) in [7, 11) is -3.90. The van der Waals surface area contributed by atoms with Crippen LogP contribution in [0.3, 0.4) is 0 Å². The van der Waals surface area contributed by atoms with Crippen molar-refractivity contribution in [3.8, 4) is 0 Å². The average molecular weight is 377 g/mol. The van der Waals surface area contributed by atoms with Gasteiger partial charge in [-0.1, -0.05) is 6.07 Å². The molecule has 0 saturated carbocycles. The molecule has 2 aromatic carbocycles. The van der Waals surface area contributed by atoms with Crippen LogP contribution in [0.4, 0.5) is 10.1 Å². The molecule has 2 aromatic rings. The third-order valence-corrected chi connectivity index (χ3v) is 5.76. The van der Waals surface area contributed by atoms with E-state index in [4.69, 9.17) is 0 Å². The molecule has 0 aliphatic carbocycles. The Hall–Kier alpha value is -2.45. The third kappa shape index (κ3) is 4.20. The Morgan fingerprint density at radius 2 is 1.92 bits per heavy atom. The Morgan fingerprint density at radius 3 is 2.58 bits per heavy atom. The second kappa shape index (κ2) is 7.43. The van der Waals surface area contributed by atoms with Crippen LogP contribution in [0.1, 0.15) is 22.3 Å². The maximum absolute atomic E-state index is 13.0. The van der Waals surface area contributed by atoms with Crippen LogP contribution in [-0.2, 0) is 10.0 Å². The van der Waals surface area contributed by atoms with E-state index in [2.05, 4.69) is 15.4 Å². The molecular formula is C18H20FN3O3S. The van der Waals surface area contributed by atoms with Gasteiger partial charge in [0.1, 0.15) is 5.82 Å². The molecular weight excluding hydrogens is 357 g/mol. The van der Waals surface area contributed by atoms with Gasteiger partial charge in [-0.05, 0) is 61.9 Å².